The van der Waals surface area contributed by atoms with Crippen LogP contribution in [-0.2, 0) is 6.61 Å². The molecule has 0 aliphatic carbocycles. The van der Waals surface area contributed by atoms with Crippen molar-refractivity contribution in [2.45, 2.75) is 13.2 Å². The normalized spacial score (nSPS) is 10.3. The van der Waals surface area contributed by atoms with Crippen molar-refractivity contribution >= 4 is 0 Å². The minimum absolute atomic E-state index is 0.0993. The molecule has 0 aliphatic heterocycles. The standard InChI is InChI=1S/C8H8F2O2/c9-8(10)12-7-3-1-6(5-11)2-4-7/h1-4,8,11H,5H2. The maximum Gasteiger partial charge on any atom is 0.387 e. The Hall–Kier alpha value is -1.16. The second-order valence-electron chi connectivity index (χ2n) is 2.18. The largest absolute Gasteiger partial charge is 0.435 e. The minimum Gasteiger partial charge on any atom is -0.435 e. The number of aliphatic hydroxyl groups excluding tert-OH is 1. The number of hydrogen-bond acceptors (Lipinski definition) is 2. The van der Waals surface area contributed by atoms with Crippen LogP contribution in [0.5, 0.6) is 5.75 Å². The van der Waals surface area contributed by atoms with Gasteiger partial charge in [-0.15, -0.1) is 0 Å². The summed E-state index contributed by atoms with van der Waals surface area (Å²) in [5.41, 5.74) is 0.664. The molecule has 66 valence electrons. The van der Waals surface area contributed by atoms with Crippen LogP contribution in [0.2, 0.25) is 0 Å². The van der Waals surface area contributed by atoms with E-state index in [2.05, 4.69) is 4.74 Å². The Morgan fingerprint density at radius 1 is 1.25 bits per heavy atom. The Labute approximate surface area is 68.4 Å². The van der Waals surface area contributed by atoms with E-state index in [0.29, 0.717) is 5.56 Å². The van der Waals surface area contributed by atoms with Crippen LogP contribution in [0.25, 0.3) is 0 Å². The summed E-state index contributed by atoms with van der Waals surface area (Å²) in [7, 11) is 0. The molecule has 0 fully saturated rings. The third-order valence-corrected chi connectivity index (χ3v) is 1.33. The second-order valence-corrected chi connectivity index (χ2v) is 2.18. The Morgan fingerprint density at radius 3 is 2.25 bits per heavy atom. The van der Waals surface area contributed by atoms with Gasteiger partial charge in [0.15, 0.2) is 0 Å². The lowest BCUT2D eigenvalue weighted by Gasteiger charge is -2.03. The molecule has 0 heterocycles. The number of benzene rings is 1. The summed E-state index contributed by atoms with van der Waals surface area (Å²) < 4.78 is 27.4. The third-order valence-electron chi connectivity index (χ3n) is 1.33. The average molecular weight is 174 g/mol. The van der Waals surface area contributed by atoms with Gasteiger partial charge in [-0.05, 0) is 17.7 Å². The molecule has 0 aromatic heterocycles. The Kier molecular flexibility index (Phi) is 2.99. The molecule has 1 rings (SSSR count). The van der Waals surface area contributed by atoms with E-state index in [-0.39, 0.29) is 12.4 Å². The van der Waals surface area contributed by atoms with Crippen molar-refractivity contribution in [1.29, 1.82) is 0 Å². The van der Waals surface area contributed by atoms with E-state index in [9.17, 15) is 8.78 Å². The molecule has 0 aliphatic rings. The fraction of sp³-hybridized carbons (Fsp3) is 0.250. The fourth-order valence-electron chi connectivity index (χ4n) is 0.776. The van der Waals surface area contributed by atoms with Gasteiger partial charge < -0.3 is 9.84 Å². The zero-order valence-electron chi connectivity index (χ0n) is 6.21. The summed E-state index contributed by atoms with van der Waals surface area (Å²) in [5, 5.41) is 8.62. The molecule has 0 spiro atoms. The lowest BCUT2D eigenvalue weighted by molar-refractivity contribution is -0.0498. The van der Waals surface area contributed by atoms with Crippen molar-refractivity contribution in [3.05, 3.63) is 29.8 Å². The van der Waals surface area contributed by atoms with Crippen LogP contribution in [0.15, 0.2) is 24.3 Å². The highest BCUT2D eigenvalue weighted by atomic mass is 19.3. The number of aliphatic hydroxyl groups is 1. The van der Waals surface area contributed by atoms with Crippen molar-refractivity contribution in [2.24, 2.45) is 0 Å². The molecule has 0 saturated carbocycles. The number of alkyl halides is 2. The highest BCUT2D eigenvalue weighted by Gasteiger charge is 2.02. The molecule has 0 bridgehead atoms. The van der Waals surface area contributed by atoms with Gasteiger partial charge >= 0.3 is 6.61 Å². The van der Waals surface area contributed by atoms with E-state index in [1.165, 1.54) is 24.3 Å². The molecule has 0 saturated heterocycles. The highest BCUT2D eigenvalue weighted by Crippen LogP contribution is 2.14. The van der Waals surface area contributed by atoms with E-state index >= 15 is 0 Å². The summed E-state index contributed by atoms with van der Waals surface area (Å²) in [6.45, 7) is -2.90. The van der Waals surface area contributed by atoms with Crippen LogP contribution in [0, 0.1) is 0 Å². The summed E-state index contributed by atoms with van der Waals surface area (Å²) in [4.78, 5) is 0. The SMILES string of the molecule is OCc1ccc(OC(F)F)cc1. The van der Waals surface area contributed by atoms with Gasteiger partial charge in [-0.25, -0.2) is 0 Å². The molecule has 2 nitrogen and oxygen atoms in total. The summed E-state index contributed by atoms with van der Waals surface area (Å²) in [6.07, 6.45) is 0. The molecular weight excluding hydrogens is 166 g/mol. The van der Waals surface area contributed by atoms with Crippen LogP contribution in [0.4, 0.5) is 8.78 Å². The molecule has 1 N–H and O–H groups in total. The van der Waals surface area contributed by atoms with E-state index in [1.54, 1.807) is 0 Å². The molecule has 1 aromatic carbocycles. The predicted molar refractivity (Wildman–Crippen MR) is 39.0 cm³/mol. The smallest absolute Gasteiger partial charge is 0.387 e. The second kappa shape index (κ2) is 4.01. The first-order valence-electron chi connectivity index (χ1n) is 3.37. The number of hydrogen-bond donors (Lipinski definition) is 1. The predicted octanol–water partition coefficient (Wildman–Crippen LogP) is 1.78. The molecular formula is C8H8F2O2. The molecule has 0 amide bonds. The zero-order valence-corrected chi connectivity index (χ0v) is 6.21. The first-order valence-corrected chi connectivity index (χ1v) is 3.37. The maximum atomic E-state index is 11.6. The topological polar surface area (TPSA) is 29.5 Å². The van der Waals surface area contributed by atoms with Gasteiger partial charge in [-0.3, -0.25) is 0 Å². The molecule has 1 aromatic rings. The Balaban J connectivity index is 2.65. The minimum atomic E-state index is -2.80. The van der Waals surface area contributed by atoms with Crippen LogP contribution < -0.4 is 4.74 Å². The Morgan fingerprint density at radius 2 is 1.83 bits per heavy atom. The van der Waals surface area contributed by atoms with E-state index in [1.807, 2.05) is 0 Å². The van der Waals surface area contributed by atoms with Crippen molar-refractivity contribution < 1.29 is 18.6 Å². The monoisotopic (exact) mass is 174 g/mol. The average Bonchev–Trinajstić information content (AvgIpc) is 2.05. The van der Waals surface area contributed by atoms with Gasteiger partial charge in [0.05, 0.1) is 6.61 Å². The van der Waals surface area contributed by atoms with E-state index in [4.69, 9.17) is 5.11 Å². The molecule has 0 unspecified atom stereocenters. The lowest BCUT2D eigenvalue weighted by Crippen LogP contribution is -2.01. The fourth-order valence-corrected chi connectivity index (χ4v) is 0.776. The molecule has 12 heavy (non-hydrogen) atoms. The van der Waals surface area contributed by atoms with Crippen LogP contribution in [0.1, 0.15) is 5.56 Å². The molecule has 0 radical (unpaired) electrons. The van der Waals surface area contributed by atoms with Gasteiger partial charge in [0.25, 0.3) is 0 Å². The van der Waals surface area contributed by atoms with Gasteiger partial charge in [-0.2, -0.15) is 8.78 Å². The summed E-state index contributed by atoms with van der Waals surface area (Å²) in [5.74, 6) is 0.0993. The number of ether oxygens (including phenoxy) is 1. The van der Waals surface area contributed by atoms with E-state index < -0.39 is 6.61 Å². The van der Waals surface area contributed by atoms with Crippen molar-refractivity contribution in [1.82, 2.24) is 0 Å². The van der Waals surface area contributed by atoms with Gasteiger partial charge in [-0.1, -0.05) is 12.1 Å². The number of rotatable bonds is 3. The van der Waals surface area contributed by atoms with Crippen LogP contribution >= 0.6 is 0 Å². The first kappa shape index (κ1) is 8.93. The Bertz CT molecular complexity index is 233. The molecule has 4 heteroatoms. The molecule has 0 atom stereocenters. The summed E-state index contributed by atoms with van der Waals surface area (Å²) >= 11 is 0. The van der Waals surface area contributed by atoms with Crippen molar-refractivity contribution in [3.63, 3.8) is 0 Å². The van der Waals surface area contributed by atoms with Gasteiger partial charge in [0, 0.05) is 0 Å². The maximum absolute atomic E-state index is 11.6. The van der Waals surface area contributed by atoms with Gasteiger partial charge in [0.2, 0.25) is 0 Å². The number of halogens is 2. The van der Waals surface area contributed by atoms with Crippen molar-refractivity contribution in [3.8, 4) is 5.75 Å². The zero-order chi connectivity index (χ0) is 8.97. The van der Waals surface area contributed by atoms with Crippen LogP contribution in [-0.4, -0.2) is 11.7 Å². The third kappa shape index (κ3) is 2.47. The quantitative estimate of drug-likeness (QED) is 0.756. The van der Waals surface area contributed by atoms with Gasteiger partial charge in [0.1, 0.15) is 5.75 Å². The van der Waals surface area contributed by atoms with Crippen LogP contribution in [0.3, 0.4) is 0 Å². The highest BCUT2D eigenvalue weighted by molar-refractivity contribution is 5.26. The van der Waals surface area contributed by atoms with E-state index in [0.717, 1.165) is 0 Å². The lowest BCUT2D eigenvalue weighted by atomic mass is 10.2. The van der Waals surface area contributed by atoms with Crippen molar-refractivity contribution in [2.75, 3.05) is 0 Å². The summed E-state index contributed by atoms with van der Waals surface area (Å²) in [6, 6.07) is 5.82. The first-order chi connectivity index (χ1) is 5.72.